The zero-order chi connectivity index (χ0) is 26.1. The summed E-state index contributed by atoms with van der Waals surface area (Å²) in [5, 5.41) is 6.77. The molecule has 0 spiro atoms. The number of halogens is 1. The Hall–Kier alpha value is -3.20. The number of nitrogens with one attached hydrogen (secondary N) is 2. The minimum atomic E-state index is -0.271. The highest BCUT2D eigenvalue weighted by atomic mass is 32.1. The zero-order valence-corrected chi connectivity index (χ0v) is 22.4. The largest absolute Gasteiger partial charge is 0.358 e. The van der Waals surface area contributed by atoms with Gasteiger partial charge in [-0.05, 0) is 63.1 Å². The quantitative estimate of drug-likeness (QED) is 0.409. The fourth-order valence-corrected chi connectivity index (χ4v) is 6.96. The Morgan fingerprint density at radius 2 is 2.00 bits per heavy atom. The number of carbonyl (C=O) groups excluding carboxylic acids is 2. The summed E-state index contributed by atoms with van der Waals surface area (Å²) in [4.78, 5) is 37.8. The maximum absolute atomic E-state index is 13.8. The maximum Gasteiger partial charge on any atom is 0.317 e. The van der Waals surface area contributed by atoms with Crippen LogP contribution in [0.1, 0.15) is 77.6 Å². The van der Waals surface area contributed by atoms with Crippen LogP contribution >= 0.6 is 11.3 Å². The van der Waals surface area contributed by atoms with Crippen molar-refractivity contribution in [3.63, 3.8) is 0 Å². The van der Waals surface area contributed by atoms with E-state index in [4.69, 9.17) is 4.98 Å². The molecule has 3 aliphatic rings. The lowest BCUT2D eigenvalue weighted by molar-refractivity contribution is 0.0729. The van der Waals surface area contributed by atoms with Crippen LogP contribution in [0.25, 0.3) is 10.9 Å². The van der Waals surface area contributed by atoms with Crippen molar-refractivity contribution < 1.29 is 14.0 Å². The number of carbonyl (C=O) groups is 2. The molecule has 200 valence electrons. The Labute approximate surface area is 226 Å². The van der Waals surface area contributed by atoms with E-state index in [0.29, 0.717) is 44.8 Å². The van der Waals surface area contributed by atoms with Gasteiger partial charge in [-0.1, -0.05) is 11.6 Å². The summed E-state index contributed by atoms with van der Waals surface area (Å²) >= 11 is 1.54. The number of likely N-dealkylation sites (tertiary alicyclic amines) is 1. The van der Waals surface area contributed by atoms with E-state index in [1.54, 1.807) is 12.1 Å². The first-order valence-electron chi connectivity index (χ1n) is 13.8. The van der Waals surface area contributed by atoms with Crippen LogP contribution < -0.4 is 5.32 Å². The molecule has 0 bridgehead atoms. The maximum atomic E-state index is 13.8. The van der Waals surface area contributed by atoms with Crippen LogP contribution in [0.4, 0.5) is 9.18 Å². The number of amides is 3. The minimum Gasteiger partial charge on any atom is -0.358 e. The van der Waals surface area contributed by atoms with Crippen molar-refractivity contribution in [2.24, 2.45) is 0 Å². The molecular formula is C29H34FN5O2S. The third-order valence-corrected chi connectivity index (χ3v) is 9.21. The van der Waals surface area contributed by atoms with Gasteiger partial charge in [0.15, 0.2) is 0 Å². The first-order valence-corrected chi connectivity index (χ1v) is 14.7. The van der Waals surface area contributed by atoms with Crippen molar-refractivity contribution in [2.75, 3.05) is 26.2 Å². The second-order valence-corrected chi connectivity index (χ2v) is 11.6. The van der Waals surface area contributed by atoms with Gasteiger partial charge in [-0.25, -0.2) is 14.2 Å². The van der Waals surface area contributed by atoms with Crippen molar-refractivity contribution >= 4 is 34.2 Å². The number of H-pyrrole nitrogens is 1. The van der Waals surface area contributed by atoms with Crippen molar-refractivity contribution in [3.05, 3.63) is 63.0 Å². The Bertz CT molecular complexity index is 1370. The minimum absolute atomic E-state index is 0.0245. The Morgan fingerprint density at radius 3 is 2.82 bits per heavy atom. The average Bonchev–Trinajstić information content (AvgIpc) is 3.58. The van der Waals surface area contributed by atoms with Crippen molar-refractivity contribution in [1.29, 1.82) is 0 Å². The number of rotatable bonds is 5. The van der Waals surface area contributed by atoms with Crippen LogP contribution in [0.15, 0.2) is 35.2 Å². The molecule has 2 aromatic heterocycles. The highest BCUT2D eigenvalue weighted by molar-refractivity contribution is 7.09. The number of allylic oxidation sites excluding steroid dienone is 1. The van der Waals surface area contributed by atoms with E-state index in [-0.39, 0.29) is 23.7 Å². The molecule has 1 fully saturated rings. The van der Waals surface area contributed by atoms with Crippen LogP contribution in [0.5, 0.6) is 0 Å². The first-order chi connectivity index (χ1) is 18.5. The lowest BCUT2D eigenvalue weighted by Gasteiger charge is -2.31. The average molecular weight is 536 g/mol. The van der Waals surface area contributed by atoms with E-state index in [1.807, 2.05) is 15.2 Å². The summed E-state index contributed by atoms with van der Waals surface area (Å²) in [7, 11) is 0. The molecule has 9 heteroatoms. The van der Waals surface area contributed by atoms with Gasteiger partial charge in [-0.2, -0.15) is 0 Å². The van der Waals surface area contributed by atoms with E-state index < -0.39 is 0 Å². The van der Waals surface area contributed by atoms with Crippen molar-refractivity contribution in [1.82, 2.24) is 25.1 Å². The summed E-state index contributed by atoms with van der Waals surface area (Å²) in [6.07, 6.45) is 10.6. The number of hydrogen-bond acceptors (Lipinski definition) is 4. The summed E-state index contributed by atoms with van der Waals surface area (Å²) in [6, 6.07) is 4.78. The molecule has 3 amide bonds. The fourth-order valence-electron chi connectivity index (χ4n) is 6.00. The van der Waals surface area contributed by atoms with Crippen LogP contribution in [0.2, 0.25) is 0 Å². The molecule has 2 N–H and O–H groups in total. The third kappa shape index (κ3) is 5.21. The smallest absolute Gasteiger partial charge is 0.317 e. The van der Waals surface area contributed by atoms with Gasteiger partial charge in [-0.3, -0.25) is 4.79 Å². The van der Waals surface area contributed by atoms with Crippen LogP contribution in [-0.2, 0) is 13.0 Å². The van der Waals surface area contributed by atoms with Gasteiger partial charge in [0.05, 0.1) is 5.01 Å². The Balaban J connectivity index is 1.02. The predicted molar refractivity (Wildman–Crippen MR) is 147 cm³/mol. The monoisotopic (exact) mass is 535 g/mol. The molecule has 3 aromatic rings. The number of fused-ring (bicyclic) bond motifs is 3. The highest BCUT2D eigenvalue weighted by Gasteiger charge is 2.29. The van der Waals surface area contributed by atoms with Crippen LogP contribution in [0, 0.1) is 5.82 Å². The molecule has 1 aliphatic carbocycles. The molecule has 0 atom stereocenters. The summed E-state index contributed by atoms with van der Waals surface area (Å²) in [5.74, 6) is -0.0798. The highest BCUT2D eigenvalue weighted by Crippen LogP contribution is 2.32. The summed E-state index contributed by atoms with van der Waals surface area (Å²) in [5.41, 5.74) is 4.94. The third-order valence-electron chi connectivity index (χ3n) is 8.20. The second kappa shape index (κ2) is 10.9. The lowest BCUT2D eigenvalue weighted by Crippen LogP contribution is -2.44. The normalized spacial score (nSPS) is 18.4. The molecule has 6 rings (SSSR count). The number of aromatic amines is 1. The fraction of sp³-hybridized carbons (Fsp3) is 0.483. The van der Waals surface area contributed by atoms with Gasteiger partial charge in [0.1, 0.15) is 11.5 Å². The zero-order valence-electron chi connectivity index (χ0n) is 21.6. The van der Waals surface area contributed by atoms with Gasteiger partial charge in [0.2, 0.25) is 0 Å². The molecular weight excluding hydrogens is 501 g/mol. The second-order valence-electron chi connectivity index (χ2n) is 10.7. The van der Waals surface area contributed by atoms with E-state index >= 15 is 0 Å². The van der Waals surface area contributed by atoms with Crippen LogP contribution in [-0.4, -0.2) is 57.9 Å². The first kappa shape index (κ1) is 25.1. The predicted octanol–water partition coefficient (Wildman–Crippen LogP) is 5.74. The molecule has 38 heavy (non-hydrogen) atoms. The number of piperidine rings is 1. The lowest BCUT2D eigenvalue weighted by atomic mass is 9.97. The molecule has 4 heterocycles. The Kier molecular flexibility index (Phi) is 7.19. The van der Waals surface area contributed by atoms with Gasteiger partial charge >= 0.3 is 6.03 Å². The number of aromatic nitrogens is 2. The van der Waals surface area contributed by atoms with Crippen LogP contribution in [0.3, 0.4) is 0 Å². The number of thiazole rings is 1. The molecule has 0 saturated carbocycles. The molecule has 0 unspecified atom stereocenters. The standard InChI is InChI=1S/C29H34FN5O2S/c30-21-6-7-24-22(16-21)23-17-35(15-11-25(23)32-24)28(36)26-18-38-27(33-26)20-9-13-34(14-10-20)29(37)31-12-8-19-4-2-1-3-5-19/h4,6-7,16,18,20,32H,1-3,5,8-15,17H2,(H,31,37). The number of benzene rings is 1. The van der Waals surface area contributed by atoms with E-state index in [0.717, 1.165) is 46.4 Å². The molecule has 1 saturated heterocycles. The van der Waals surface area contributed by atoms with Gasteiger partial charge < -0.3 is 20.1 Å². The SMILES string of the molecule is O=C(NCCC1=CCCCC1)N1CCC(c2nc(C(=O)N3CCc4[nH]c5ccc(F)cc5c4C3)cs2)CC1. The molecule has 7 nitrogen and oxygen atoms in total. The van der Waals surface area contributed by atoms with E-state index in [9.17, 15) is 14.0 Å². The number of nitrogens with zero attached hydrogens (tertiary/aromatic N) is 3. The molecule has 1 aromatic carbocycles. The number of hydrogen-bond donors (Lipinski definition) is 2. The summed E-state index contributed by atoms with van der Waals surface area (Å²) < 4.78 is 13.8. The number of urea groups is 1. The van der Waals surface area contributed by atoms with Gasteiger partial charge in [0.25, 0.3) is 5.91 Å². The van der Waals surface area contributed by atoms with Gasteiger partial charge in [-0.15, -0.1) is 11.3 Å². The Morgan fingerprint density at radius 1 is 1.13 bits per heavy atom. The van der Waals surface area contributed by atoms with Crippen molar-refractivity contribution in [2.45, 2.75) is 63.8 Å². The van der Waals surface area contributed by atoms with Gasteiger partial charge in [0, 0.05) is 72.6 Å². The molecule has 2 aliphatic heterocycles. The topological polar surface area (TPSA) is 81.3 Å². The summed E-state index contributed by atoms with van der Waals surface area (Å²) in [6.45, 7) is 3.17. The molecule has 0 radical (unpaired) electrons. The van der Waals surface area contributed by atoms with E-state index in [2.05, 4.69) is 16.4 Å². The van der Waals surface area contributed by atoms with Crippen molar-refractivity contribution in [3.8, 4) is 0 Å². The van der Waals surface area contributed by atoms with E-state index in [1.165, 1.54) is 48.7 Å².